The molecule has 1 saturated heterocycles. The van der Waals surface area contributed by atoms with Crippen LogP contribution in [-0.2, 0) is 9.53 Å². The average molecular weight is 226 g/mol. The fourth-order valence-electron chi connectivity index (χ4n) is 1.95. The lowest BCUT2D eigenvalue weighted by Gasteiger charge is -2.24. The normalized spacial score (nSPS) is 23.2. The molecule has 16 heavy (non-hydrogen) atoms. The summed E-state index contributed by atoms with van der Waals surface area (Å²) in [5.74, 6) is 0. The van der Waals surface area contributed by atoms with Crippen LogP contribution >= 0.6 is 0 Å². The third kappa shape index (κ3) is 2.40. The number of likely N-dealkylation sites (tertiary alicyclic amines) is 1. The van der Waals surface area contributed by atoms with Crippen LogP contribution in [0.15, 0.2) is 17.1 Å². The third-order valence-corrected chi connectivity index (χ3v) is 2.75. The van der Waals surface area contributed by atoms with Crippen LogP contribution in [0.5, 0.6) is 0 Å². The minimum Gasteiger partial charge on any atom is -0.466 e. The number of hydrogen-bond donors (Lipinski definition) is 1. The second kappa shape index (κ2) is 5.09. The highest BCUT2D eigenvalue weighted by atomic mass is 16.5. The van der Waals surface area contributed by atoms with Crippen LogP contribution in [0.4, 0.5) is 0 Å². The van der Waals surface area contributed by atoms with Gasteiger partial charge in [0, 0.05) is 13.1 Å². The number of β-amino-alcohol motifs (C(OH)–C–C–N with tert-alkyl or cyclic N) is 1. The minimum absolute atomic E-state index is 0.138. The summed E-state index contributed by atoms with van der Waals surface area (Å²) in [7, 11) is 0. The number of oxazole rings is 1. The Morgan fingerprint density at radius 1 is 1.81 bits per heavy atom. The molecule has 6 heteroatoms. The first-order valence-corrected chi connectivity index (χ1v) is 5.16. The van der Waals surface area contributed by atoms with Gasteiger partial charge in [0.25, 0.3) is 6.47 Å². The zero-order chi connectivity index (χ0) is 11.4. The highest BCUT2D eigenvalue weighted by Crippen LogP contribution is 2.24. The zero-order valence-corrected chi connectivity index (χ0v) is 8.78. The molecule has 1 aliphatic heterocycles. The number of aromatic nitrogens is 1. The first kappa shape index (κ1) is 11.1. The number of nitrogens with zero attached hydrogens (tertiary/aromatic N) is 2. The lowest BCUT2D eigenvalue weighted by Crippen LogP contribution is -2.31. The Hall–Kier alpha value is -1.40. The molecule has 0 bridgehead atoms. The second-order valence-electron chi connectivity index (χ2n) is 3.80. The van der Waals surface area contributed by atoms with Crippen molar-refractivity contribution in [2.45, 2.75) is 18.6 Å². The monoisotopic (exact) mass is 226 g/mol. The van der Waals surface area contributed by atoms with Gasteiger partial charge >= 0.3 is 0 Å². The van der Waals surface area contributed by atoms with E-state index in [9.17, 15) is 9.90 Å². The molecule has 2 atom stereocenters. The van der Waals surface area contributed by atoms with E-state index in [2.05, 4.69) is 4.98 Å². The molecular formula is C10H14N2O4. The summed E-state index contributed by atoms with van der Waals surface area (Å²) in [4.78, 5) is 16.3. The predicted molar refractivity (Wildman–Crippen MR) is 53.5 cm³/mol. The van der Waals surface area contributed by atoms with E-state index in [4.69, 9.17) is 9.15 Å². The molecule has 1 aromatic heterocycles. The summed E-state index contributed by atoms with van der Waals surface area (Å²) in [6, 6.07) is -0.138. The number of carbonyl (C=O) groups excluding carboxylic acids is 1. The van der Waals surface area contributed by atoms with Gasteiger partial charge in [0.15, 0.2) is 6.39 Å². The van der Waals surface area contributed by atoms with Gasteiger partial charge in [0.2, 0.25) is 0 Å². The van der Waals surface area contributed by atoms with Gasteiger partial charge in [-0.2, -0.15) is 0 Å². The summed E-state index contributed by atoms with van der Waals surface area (Å²) in [6.45, 7) is 1.98. The molecule has 6 nitrogen and oxygen atoms in total. The van der Waals surface area contributed by atoms with Crippen LogP contribution < -0.4 is 0 Å². The largest absolute Gasteiger partial charge is 0.466 e. The molecule has 2 rings (SSSR count). The minimum atomic E-state index is -0.314. The van der Waals surface area contributed by atoms with E-state index in [-0.39, 0.29) is 18.8 Å². The predicted octanol–water partition coefficient (Wildman–Crippen LogP) is -0.0447. The fourth-order valence-corrected chi connectivity index (χ4v) is 1.95. The average Bonchev–Trinajstić information content (AvgIpc) is 2.91. The fraction of sp³-hybridized carbons (Fsp3) is 0.600. The summed E-state index contributed by atoms with van der Waals surface area (Å²) >= 11 is 0. The van der Waals surface area contributed by atoms with Gasteiger partial charge in [0.1, 0.15) is 12.9 Å². The van der Waals surface area contributed by atoms with Gasteiger partial charge in [-0.25, -0.2) is 4.98 Å². The first-order valence-electron chi connectivity index (χ1n) is 5.16. The topological polar surface area (TPSA) is 75.8 Å². The van der Waals surface area contributed by atoms with Crippen molar-refractivity contribution in [1.82, 2.24) is 9.88 Å². The van der Waals surface area contributed by atoms with Gasteiger partial charge in [-0.15, -0.1) is 0 Å². The molecule has 1 unspecified atom stereocenters. The number of aliphatic hydroxyl groups is 1. The van der Waals surface area contributed by atoms with E-state index < -0.39 is 0 Å². The first-order chi connectivity index (χ1) is 7.81. The molecule has 2 heterocycles. The molecule has 0 aliphatic carbocycles. The second-order valence-corrected chi connectivity index (χ2v) is 3.80. The molecular weight excluding hydrogens is 212 g/mol. The number of hydrogen-bond acceptors (Lipinski definition) is 6. The quantitative estimate of drug-likeness (QED) is 0.710. The smallest absolute Gasteiger partial charge is 0.293 e. The lowest BCUT2D eigenvalue weighted by atomic mass is 10.2. The molecule has 1 fully saturated rings. The van der Waals surface area contributed by atoms with Crippen LogP contribution in [0.1, 0.15) is 18.2 Å². The highest BCUT2D eigenvalue weighted by Gasteiger charge is 2.29. The van der Waals surface area contributed by atoms with Crippen LogP contribution in [-0.4, -0.2) is 47.3 Å². The van der Waals surface area contributed by atoms with Gasteiger partial charge in [-0.05, 0) is 6.42 Å². The molecule has 0 saturated carbocycles. The number of carbonyl (C=O) groups is 1. The van der Waals surface area contributed by atoms with Crippen molar-refractivity contribution in [2.75, 3.05) is 19.7 Å². The van der Waals surface area contributed by atoms with E-state index in [1.807, 2.05) is 4.90 Å². The van der Waals surface area contributed by atoms with Crippen molar-refractivity contribution in [3.05, 3.63) is 18.4 Å². The molecule has 0 amide bonds. The van der Waals surface area contributed by atoms with Gasteiger partial charge < -0.3 is 14.3 Å². The Balaban J connectivity index is 2.05. The molecule has 1 aromatic rings. The van der Waals surface area contributed by atoms with Crippen molar-refractivity contribution in [3.8, 4) is 0 Å². The van der Waals surface area contributed by atoms with Crippen molar-refractivity contribution >= 4 is 6.47 Å². The SMILES string of the molecule is O=COCC(c1cocn1)N1CC[C@H](O)C1. The number of ether oxygens (including phenoxy) is 1. The van der Waals surface area contributed by atoms with Crippen molar-refractivity contribution < 1.29 is 19.1 Å². The third-order valence-electron chi connectivity index (χ3n) is 2.75. The molecule has 0 aromatic carbocycles. The Kier molecular flexibility index (Phi) is 3.53. The maximum atomic E-state index is 10.2. The zero-order valence-electron chi connectivity index (χ0n) is 8.78. The molecule has 0 spiro atoms. The maximum Gasteiger partial charge on any atom is 0.293 e. The summed E-state index contributed by atoms with van der Waals surface area (Å²) in [5.41, 5.74) is 0.718. The summed E-state index contributed by atoms with van der Waals surface area (Å²) in [6.07, 6.45) is 3.29. The van der Waals surface area contributed by atoms with Crippen LogP contribution in [0, 0.1) is 0 Å². The maximum absolute atomic E-state index is 10.2. The molecule has 88 valence electrons. The molecule has 0 radical (unpaired) electrons. The highest BCUT2D eigenvalue weighted by molar-refractivity contribution is 5.37. The van der Waals surface area contributed by atoms with Crippen molar-refractivity contribution in [2.24, 2.45) is 0 Å². The lowest BCUT2D eigenvalue weighted by molar-refractivity contribution is -0.130. The van der Waals surface area contributed by atoms with Crippen molar-refractivity contribution in [3.63, 3.8) is 0 Å². The van der Waals surface area contributed by atoms with Crippen LogP contribution in [0.25, 0.3) is 0 Å². The van der Waals surface area contributed by atoms with E-state index in [0.29, 0.717) is 13.0 Å². The Morgan fingerprint density at radius 2 is 2.69 bits per heavy atom. The Bertz CT molecular complexity index is 328. The van der Waals surface area contributed by atoms with Crippen molar-refractivity contribution in [1.29, 1.82) is 0 Å². The van der Waals surface area contributed by atoms with Crippen LogP contribution in [0.3, 0.4) is 0 Å². The number of aliphatic hydroxyl groups excluding tert-OH is 1. The van der Waals surface area contributed by atoms with E-state index in [1.54, 1.807) is 0 Å². The van der Waals surface area contributed by atoms with Gasteiger partial charge in [-0.3, -0.25) is 9.69 Å². The summed E-state index contributed by atoms with van der Waals surface area (Å²) < 4.78 is 9.70. The summed E-state index contributed by atoms with van der Waals surface area (Å²) in [5, 5.41) is 9.48. The van der Waals surface area contributed by atoms with Crippen LogP contribution in [0.2, 0.25) is 0 Å². The molecule has 1 aliphatic rings. The Labute approximate surface area is 92.8 Å². The number of rotatable bonds is 5. The standard InChI is InChI=1S/C10H14N2O4/c13-7-16-5-10(9-4-15-6-11-9)12-2-1-8(14)3-12/h4,6-8,10,14H,1-3,5H2/t8-,10?/m0/s1. The van der Waals surface area contributed by atoms with Gasteiger partial charge in [-0.1, -0.05) is 0 Å². The van der Waals surface area contributed by atoms with E-state index in [1.165, 1.54) is 12.7 Å². The van der Waals surface area contributed by atoms with Gasteiger partial charge in [0.05, 0.1) is 17.8 Å². The Morgan fingerprint density at radius 3 is 3.25 bits per heavy atom. The molecule has 1 N–H and O–H groups in total. The van der Waals surface area contributed by atoms with E-state index in [0.717, 1.165) is 18.7 Å². The van der Waals surface area contributed by atoms with E-state index >= 15 is 0 Å².